The number of quaternary nitrogens is 1. The number of hydrogen-bond donors (Lipinski definition) is 0. The van der Waals surface area contributed by atoms with Gasteiger partial charge < -0.3 is 28.6 Å². The number of hydrogen-bond acceptors (Lipinski definition) is 7. The number of esters is 2. The summed E-state index contributed by atoms with van der Waals surface area (Å²) >= 11 is 0. The molecule has 0 N–H and O–H groups in total. The molecule has 0 aliphatic carbocycles. The van der Waals surface area contributed by atoms with Crippen molar-refractivity contribution in [3.63, 3.8) is 0 Å². The minimum atomic E-state index is -1.13. The molecule has 0 bridgehead atoms. The van der Waals surface area contributed by atoms with Gasteiger partial charge in [0, 0.05) is 19.3 Å². The first-order valence-corrected chi connectivity index (χ1v) is 18.2. The van der Waals surface area contributed by atoms with Crippen molar-refractivity contribution in [3.8, 4) is 0 Å². The molecule has 0 aromatic heterocycles. The fraction of sp³-hybridized carbons (Fsp3) is 0.865. The number of unbranched alkanes of at least 4 members (excludes halogenated alkanes) is 16. The number of carboxylic acid groups (broad SMARTS) is 1. The van der Waals surface area contributed by atoms with E-state index in [0.717, 1.165) is 32.1 Å². The minimum Gasteiger partial charge on any atom is -0.544 e. The van der Waals surface area contributed by atoms with Gasteiger partial charge in [-0.25, -0.2) is 0 Å². The summed E-state index contributed by atoms with van der Waals surface area (Å²) in [6, 6.07) is -0.723. The number of allylic oxidation sites excluding steroid dienone is 2. The van der Waals surface area contributed by atoms with Crippen molar-refractivity contribution in [2.45, 2.75) is 167 Å². The van der Waals surface area contributed by atoms with Gasteiger partial charge in [0.1, 0.15) is 12.6 Å². The number of ether oxygens (including phenoxy) is 3. The van der Waals surface area contributed by atoms with Crippen LogP contribution < -0.4 is 5.11 Å². The molecule has 2 unspecified atom stereocenters. The van der Waals surface area contributed by atoms with Crippen molar-refractivity contribution in [2.24, 2.45) is 0 Å². The Balaban J connectivity index is 4.45. The van der Waals surface area contributed by atoms with E-state index >= 15 is 0 Å². The molecule has 0 aliphatic heterocycles. The van der Waals surface area contributed by atoms with Crippen LogP contribution in [0.4, 0.5) is 0 Å². The summed E-state index contributed by atoms with van der Waals surface area (Å²) < 4.78 is 17.0. The van der Waals surface area contributed by atoms with E-state index < -0.39 is 18.1 Å². The minimum absolute atomic E-state index is 0.0339. The number of carboxylic acids is 1. The van der Waals surface area contributed by atoms with E-state index in [0.29, 0.717) is 12.8 Å². The highest BCUT2D eigenvalue weighted by molar-refractivity contribution is 5.70. The van der Waals surface area contributed by atoms with Crippen molar-refractivity contribution >= 4 is 17.9 Å². The van der Waals surface area contributed by atoms with Crippen LogP contribution in [0, 0.1) is 0 Å². The highest BCUT2D eigenvalue weighted by atomic mass is 16.6. The second-order valence-corrected chi connectivity index (χ2v) is 13.5. The normalized spacial score (nSPS) is 13.2. The van der Waals surface area contributed by atoms with Crippen molar-refractivity contribution in [2.75, 3.05) is 41.0 Å². The van der Waals surface area contributed by atoms with Crippen molar-refractivity contribution in [1.29, 1.82) is 0 Å². The Bertz CT molecular complexity index is 762. The van der Waals surface area contributed by atoms with Crippen LogP contribution in [0.5, 0.6) is 0 Å². The summed E-state index contributed by atoms with van der Waals surface area (Å²) in [5.41, 5.74) is 0. The SMILES string of the molecule is CCCCCC/C=C/CCCC(=O)OC(COCCC(C(=O)[O-])[N+](C)(C)C)COC(=O)CCCCCCCCCCCCCC. The summed E-state index contributed by atoms with van der Waals surface area (Å²) in [7, 11) is 5.38. The predicted octanol–water partition coefficient (Wildman–Crippen LogP) is 7.46. The number of carbonyl (C=O) groups excluding carboxylic acids is 3. The summed E-state index contributed by atoms with van der Waals surface area (Å²) in [5.74, 6) is -1.78. The molecule has 0 aromatic rings. The van der Waals surface area contributed by atoms with Gasteiger partial charge in [-0.2, -0.15) is 0 Å². The van der Waals surface area contributed by atoms with Gasteiger partial charge in [0.25, 0.3) is 0 Å². The predicted molar refractivity (Wildman–Crippen MR) is 181 cm³/mol. The van der Waals surface area contributed by atoms with Gasteiger partial charge in [0.15, 0.2) is 6.10 Å². The van der Waals surface area contributed by atoms with Crippen LogP contribution in [0.25, 0.3) is 0 Å². The van der Waals surface area contributed by atoms with Crippen molar-refractivity contribution in [3.05, 3.63) is 12.2 Å². The molecule has 45 heavy (non-hydrogen) atoms. The fourth-order valence-corrected chi connectivity index (χ4v) is 5.25. The number of carbonyl (C=O) groups is 3. The maximum atomic E-state index is 12.5. The Morgan fingerprint density at radius 2 is 1.13 bits per heavy atom. The lowest BCUT2D eigenvalue weighted by atomic mass is 10.0. The van der Waals surface area contributed by atoms with Crippen LogP contribution >= 0.6 is 0 Å². The average molecular weight is 640 g/mol. The third-order valence-corrected chi connectivity index (χ3v) is 8.15. The van der Waals surface area contributed by atoms with Crippen LogP contribution in [-0.2, 0) is 28.6 Å². The largest absolute Gasteiger partial charge is 0.544 e. The second kappa shape index (κ2) is 29.5. The van der Waals surface area contributed by atoms with Gasteiger partial charge in [-0.15, -0.1) is 0 Å². The quantitative estimate of drug-likeness (QED) is 0.0326. The second-order valence-electron chi connectivity index (χ2n) is 13.5. The Hall–Kier alpha value is -1.93. The Kier molecular flexibility index (Phi) is 28.2. The van der Waals surface area contributed by atoms with E-state index in [4.69, 9.17) is 14.2 Å². The van der Waals surface area contributed by atoms with E-state index in [1.165, 1.54) is 83.5 Å². The standard InChI is InChI=1S/C37H69NO7/c1-6-8-10-12-14-16-17-18-20-21-23-25-27-35(39)44-32-33(31-43-30-29-34(37(41)42)38(3,4)5)45-36(40)28-26-24-22-19-15-13-11-9-7-2/h19,22,33-34H,6-18,20-21,23-32H2,1-5H3/b22-19+. The van der Waals surface area contributed by atoms with Gasteiger partial charge in [-0.1, -0.05) is 116 Å². The van der Waals surface area contributed by atoms with Gasteiger partial charge in [0.05, 0.1) is 40.3 Å². The molecule has 8 nitrogen and oxygen atoms in total. The molecule has 2 atom stereocenters. The average Bonchev–Trinajstić information content (AvgIpc) is 2.98. The maximum absolute atomic E-state index is 12.5. The highest BCUT2D eigenvalue weighted by Crippen LogP contribution is 2.13. The van der Waals surface area contributed by atoms with Crippen LogP contribution in [0.2, 0.25) is 0 Å². The third-order valence-electron chi connectivity index (χ3n) is 8.15. The molecule has 0 heterocycles. The van der Waals surface area contributed by atoms with Crippen LogP contribution in [0.3, 0.4) is 0 Å². The monoisotopic (exact) mass is 640 g/mol. The Morgan fingerprint density at radius 3 is 1.67 bits per heavy atom. The zero-order valence-electron chi connectivity index (χ0n) is 29.8. The van der Waals surface area contributed by atoms with Gasteiger partial charge in [-0.3, -0.25) is 9.59 Å². The lowest BCUT2D eigenvalue weighted by Crippen LogP contribution is -2.55. The summed E-state index contributed by atoms with van der Waals surface area (Å²) in [6.45, 7) is 4.58. The van der Waals surface area contributed by atoms with Crippen molar-refractivity contribution in [1.82, 2.24) is 0 Å². The molecule has 264 valence electrons. The molecule has 8 heteroatoms. The van der Waals surface area contributed by atoms with E-state index in [1.54, 1.807) is 21.1 Å². The molecule has 0 aliphatic rings. The van der Waals surface area contributed by atoms with Crippen LogP contribution in [0.15, 0.2) is 12.2 Å². The molecule has 0 saturated heterocycles. The molecular weight excluding hydrogens is 570 g/mol. The molecular formula is C37H69NO7. The zero-order chi connectivity index (χ0) is 33.6. The zero-order valence-corrected chi connectivity index (χ0v) is 29.8. The highest BCUT2D eigenvalue weighted by Gasteiger charge is 2.25. The first-order valence-electron chi connectivity index (χ1n) is 18.2. The van der Waals surface area contributed by atoms with Crippen LogP contribution in [-0.4, -0.2) is 75.5 Å². The molecule has 0 spiro atoms. The smallest absolute Gasteiger partial charge is 0.306 e. The molecule has 0 amide bonds. The molecule has 0 saturated carbocycles. The Labute approximate surface area is 276 Å². The number of rotatable bonds is 32. The van der Waals surface area contributed by atoms with Gasteiger partial charge >= 0.3 is 11.9 Å². The molecule has 0 radical (unpaired) electrons. The summed E-state index contributed by atoms with van der Waals surface area (Å²) in [6.07, 6.45) is 26.7. The Morgan fingerprint density at radius 1 is 0.644 bits per heavy atom. The van der Waals surface area contributed by atoms with Crippen molar-refractivity contribution < 1.29 is 38.2 Å². The molecule has 0 fully saturated rings. The van der Waals surface area contributed by atoms with Gasteiger partial charge in [0.2, 0.25) is 0 Å². The number of nitrogens with zero attached hydrogens (tertiary/aromatic N) is 1. The summed E-state index contributed by atoms with van der Waals surface area (Å²) in [5, 5.41) is 11.5. The maximum Gasteiger partial charge on any atom is 0.306 e. The van der Waals surface area contributed by atoms with E-state index in [2.05, 4.69) is 26.0 Å². The number of likely N-dealkylation sites (N-methyl/N-ethyl adjacent to an activating group) is 1. The topological polar surface area (TPSA) is 102 Å². The lowest BCUT2D eigenvalue weighted by molar-refractivity contribution is -0.889. The lowest BCUT2D eigenvalue weighted by Gasteiger charge is -2.34. The number of aliphatic carboxylic acids is 1. The molecule has 0 rings (SSSR count). The van der Waals surface area contributed by atoms with Crippen LogP contribution in [0.1, 0.15) is 155 Å². The van der Waals surface area contributed by atoms with E-state index in [-0.39, 0.29) is 49.1 Å². The first kappa shape index (κ1) is 43.1. The third kappa shape index (κ3) is 28.1. The van der Waals surface area contributed by atoms with E-state index in [1.807, 2.05) is 0 Å². The summed E-state index contributed by atoms with van der Waals surface area (Å²) in [4.78, 5) is 36.5. The fourth-order valence-electron chi connectivity index (χ4n) is 5.25. The molecule has 0 aromatic carbocycles. The van der Waals surface area contributed by atoms with E-state index in [9.17, 15) is 19.5 Å². The first-order chi connectivity index (χ1) is 21.6. The van der Waals surface area contributed by atoms with Gasteiger partial charge in [-0.05, 0) is 32.1 Å².